The average Bonchev–Trinajstić information content (AvgIpc) is 2.73. The standard InChI is InChI=1S/C13H25N3/c1-3-5-6-7-10-16-11-13(15-12-16)8-9-14-4-2/h11-12,14H,3-10H2,1-2H3. The van der Waals surface area contributed by atoms with Crippen LogP contribution in [0.15, 0.2) is 12.5 Å². The third-order valence-corrected chi connectivity index (χ3v) is 2.76. The predicted molar refractivity (Wildman–Crippen MR) is 68.6 cm³/mol. The summed E-state index contributed by atoms with van der Waals surface area (Å²) in [6.07, 6.45) is 10.4. The highest BCUT2D eigenvalue weighted by Gasteiger charge is 1.98. The number of hydrogen-bond acceptors (Lipinski definition) is 2. The minimum Gasteiger partial charge on any atom is -0.337 e. The van der Waals surface area contributed by atoms with E-state index >= 15 is 0 Å². The molecule has 1 N–H and O–H groups in total. The summed E-state index contributed by atoms with van der Waals surface area (Å²) in [7, 11) is 0. The van der Waals surface area contributed by atoms with Crippen molar-refractivity contribution in [2.45, 2.75) is 52.5 Å². The monoisotopic (exact) mass is 223 g/mol. The molecule has 1 aromatic heterocycles. The van der Waals surface area contributed by atoms with Gasteiger partial charge in [0.1, 0.15) is 0 Å². The Balaban J connectivity index is 2.17. The molecule has 1 aromatic rings. The molecule has 0 aliphatic rings. The van der Waals surface area contributed by atoms with Gasteiger partial charge >= 0.3 is 0 Å². The van der Waals surface area contributed by atoms with Crippen LogP contribution < -0.4 is 5.32 Å². The molecule has 0 spiro atoms. The SMILES string of the molecule is CCCCCCn1cnc(CCNCC)c1. The first kappa shape index (κ1) is 13.2. The fourth-order valence-electron chi connectivity index (χ4n) is 1.77. The van der Waals surface area contributed by atoms with Crippen LogP contribution in [0.2, 0.25) is 0 Å². The molecule has 0 radical (unpaired) electrons. The summed E-state index contributed by atoms with van der Waals surface area (Å²) in [5.41, 5.74) is 1.21. The van der Waals surface area contributed by atoms with Gasteiger partial charge in [0.2, 0.25) is 0 Å². The number of rotatable bonds is 9. The van der Waals surface area contributed by atoms with Crippen molar-refractivity contribution in [2.75, 3.05) is 13.1 Å². The van der Waals surface area contributed by atoms with Gasteiger partial charge in [0, 0.05) is 25.7 Å². The van der Waals surface area contributed by atoms with Gasteiger partial charge in [-0.05, 0) is 13.0 Å². The fraction of sp³-hybridized carbons (Fsp3) is 0.769. The van der Waals surface area contributed by atoms with E-state index in [1.165, 1.54) is 31.4 Å². The smallest absolute Gasteiger partial charge is 0.0949 e. The van der Waals surface area contributed by atoms with E-state index in [9.17, 15) is 0 Å². The maximum atomic E-state index is 4.41. The minimum atomic E-state index is 1.03. The van der Waals surface area contributed by atoms with E-state index in [-0.39, 0.29) is 0 Å². The second kappa shape index (κ2) is 8.34. The average molecular weight is 223 g/mol. The van der Waals surface area contributed by atoms with E-state index in [1.54, 1.807) is 0 Å². The third kappa shape index (κ3) is 5.31. The summed E-state index contributed by atoms with van der Waals surface area (Å²) in [5, 5.41) is 3.32. The van der Waals surface area contributed by atoms with E-state index in [0.717, 1.165) is 26.1 Å². The lowest BCUT2D eigenvalue weighted by Gasteiger charge is -2.01. The topological polar surface area (TPSA) is 29.9 Å². The Bertz CT molecular complexity index is 268. The zero-order chi connectivity index (χ0) is 11.6. The van der Waals surface area contributed by atoms with Crippen molar-refractivity contribution >= 4 is 0 Å². The quantitative estimate of drug-likeness (QED) is 0.652. The van der Waals surface area contributed by atoms with Crippen LogP contribution in [0.1, 0.15) is 45.2 Å². The normalized spacial score (nSPS) is 10.9. The van der Waals surface area contributed by atoms with Gasteiger partial charge in [-0.3, -0.25) is 0 Å². The molecule has 0 saturated heterocycles. The molecule has 16 heavy (non-hydrogen) atoms. The van der Waals surface area contributed by atoms with E-state index in [4.69, 9.17) is 0 Å². The fourth-order valence-corrected chi connectivity index (χ4v) is 1.77. The van der Waals surface area contributed by atoms with Gasteiger partial charge in [-0.1, -0.05) is 33.1 Å². The predicted octanol–water partition coefficient (Wildman–Crippen LogP) is 2.62. The molecule has 1 rings (SSSR count). The van der Waals surface area contributed by atoms with E-state index in [0.29, 0.717) is 0 Å². The third-order valence-electron chi connectivity index (χ3n) is 2.76. The van der Waals surface area contributed by atoms with Crippen molar-refractivity contribution in [3.05, 3.63) is 18.2 Å². The zero-order valence-corrected chi connectivity index (χ0v) is 10.7. The van der Waals surface area contributed by atoms with Crippen molar-refractivity contribution in [3.63, 3.8) is 0 Å². The van der Waals surface area contributed by atoms with Crippen LogP contribution in [0.25, 0.3) is 0 Å². The Labute approximate surface area is 99.3 Å². The Morgan fingerprint density at radius 2 is 2.12 bits per heavy atom. The maximum Gasteiger partial charge on any atom is 0.0949 e. The summed E-state index contributed by atoms with van der Waals surface area (Å²) in [6, 6.07) is 0. The molecule has 0 aliphatic heterocycles. The Morgan fingerprint density at radius 1 is 1.25 bits per heavy atom. The van der Waals surface area contributed by atoms with Crippen molar-refractivity contribution in [1.82, 2.24) is 14.9 Å². The van der Waals surface area contributed by atoms with Gasteiger partial charge in [-0.15, -0.1) is 0 Å². The molecule has 0 unspecified atom stereocenters. The molecule has 3 heteroatoms. The first-order valence-electron chi connectivity index (χ1n) is 6.58. The Morgan fingerprint density at radius 3 is 2.88 bits per heavy atom. The number of aromatic nitrogens is 2. The summed E-state index contributed by atoms with van der Waals surface area (Å²) in [4.78, 5) is 4.41. The van der Waals surface area contributed by atoms with Crippen LogP contribution in [0, 0.1) is 0 Å². The summed E-state index contributed by atoms with van der Waals surface area (Å²) in [5.74, 6) is 0. The highest BCUT2D eigenvalue weighted by Crippen LogP contribution is 2.03. The number of nitrogens with zero attached hydrogens (tertiary/aromatic N) is 2. The maximum absolute atomic E-state index is 4.41. The van der Waals surface area contributed by atoms with Crippen molar-refractivity contribution in [3.8, 4) is 0 Å². The molecule has 0 aliphatic carbocycles. The van der Waals surface area contributed by atoms with Gasteiger partial charge in [0.05, 0.1) is 12.0 Å². The first-order valence-corrected chi connectivity index (χ1v) is 6.58. The molecule has 0 atom stereocenters. The highest BCUT2D eigenvalue weighted by molar-refractivity contribution is 4.97. The van der Waals surface area contributed by atoms with Crippen LogP contribution in [-0.2, 0) is 13.0 Å². The van der Waals surface area contributed by atoms with E-state index in [2.05, 4.69) is 34.9 Å². The second-order valence-electron chi connectivity index (χ2n) is 4.27. The molecule has 0 bridgehead atoms. The van der Waals surface area contributed by atoms with E-state index < -0.39 is 0 Å². The molecule has 1 heterocycles. The van der Waals surface area contributed by atoms with Crippen molar-refractivity contribution in [1.29, 1.82) is 0 Å². The van der Waals surface area contributed by atoms with Crippen LogP contribution in [-0.4, -0.2) is 22.6 Å². The molecule has 92 valence electrons. The number of unbranched alkanes of at least 4 members (excludes halogenated alkanes) is 3. The van der Waals surface area contributed by atoms with Crippen LogP contribution in [0.4, 0.5) is 0 Å². The molecule has 0 aromatic carbocycles. The number of aryl methyl sites for hydroxylation is 1. The van der Waals surface area contributed by atoms with E-state index in [1.807, 2.05) is 6.33 Å². The molecule has 0 fully saturated rings. The Kier molecular flexibility index (Phi) is 6.90. The number of nitrogens with one attached hydrogen (secondary N) is 1. The lowest BCUT2D eigenvalue weighted by molar-refractivity contribution is 0.581. The largest absolute Gasteiger partial charge is 0.337 e. The lowest BCUT2D eigenvalue weighted by Crippen LogP contribution is -2.16. The number of hydrogen-bond donors (Lipinski definition) is 1. The molecule has 3 nitrogen and oxygen atoms in total. The van der Waals surface area contributed by atoms with Crippen molar-refractivity contribution in [2.24, 2.45) is 0 Å². The van der Waals surface area contributed by atoms with Gasteiger partial charge in [0.15, 0.2) is 0 Å². The first-order chi connectivity index (χ1) is 7.86. The Hall–Kier alpha value is -0.830. The van der Waals surface area contributed by atoms with Crippen LogP contribution in [0.5, 0.6) is 0 Å². The lowest BCUT2D eigenvalue weighted by atomic mass is 10.2. The molecular weight excluding hydrogens is 198 g/mol. The zero-order valence-electron chi connectivity index (χ0n) is 10.7. The number of likely N-dealkylation sites (N-methyl/N-ethyl adjacent to an activating group) is 1. The van der Waals surface area contributed by atoms with Gasteiger partial charge in [-0.2, -0.15) is 0 Å². The van der Waals surface area contributed by atoms with Crippen molar-refractivity contribution < 1.29 is 0 Å². The molecular formula is C13H25N3. The second-order valence-corrected chi connectivity index (χ2v) is 4.27. The highest BCUT2D eigenvalue weighted by atomic mass is 15.0. The van der Waals surface area contributed by atoms with Crippen LogP contribution in [0.3, 0.4) is 0 Å². The molecule has 0 amide bonds. The minimum absolute atomic E-state index is 1.03. The summed E-state index contributed by atoms with van der Waals surface area (Å²) < 4.78 is 2.22. The number of imidazole rings is 1. The van der Waals surface area contributed by atoms with Gasteiger partial charge < -0.3 is 9.88 Å². The van der Waals surface area contributed by atoms with Gasteiger partial charge in [0.25, 0.3) is 0 Å². The summed E-state index contributed by atoms with van der Waals surface area (Å²) >= 11 is 0. The molecule has 0 saturated carbocycles. The summed E-state index contributed by atoms with van der Waals surface area (Å²) in [6.45, 7) is 7.57. The van der Waals surface area contributed by atoms with Gasteiger partial charge in [-0.25, -0.2) is 4.98 Å². The van der Waals surface area contributed by atoms with Crippen LogP contribution >= 0.6 is 0 Å².